The van der Waals surface area contributed by atoms with Gasteiger partial charge in [-0.1, -0.05) is 39.5 Å². The number of halogens is 1. The molecule has 0 saturated heterocycles. The highest BCUT2D eigenvalue weighted by Crippen LogP contribution is 2.28. The Labute approximate surface area is 85.8 Å². The normalized spacial score (nSPS) is 11.6. The summed E-state index contributed by atoms with van der Waals surface area (Å²) in [6.45, 7) is 4.16. The maximum absolute atomic E-state index is 11.1. The third-order valence-electron chi connectivity index (χ3n) is 2.29. The van der Waals surface area contributed by atoms with E-state index in [9.17, 15) is 4.79 Å². The number of rotatable bonds is 7. The van der Waals surface area contributed by atoms with Gasteiger partial charge in [0.05, 0.1) is 0 Å². The number of amides is 1. The first kappa shape index (κ1) is 12.8. The van der Waals surface area contributed by atoms with Gasteiger partial charge in [0, 0.05) is 0 Å². The van der Waals surface area contributed by atoms with Crippen LogP contribution in [0.3, 0.4) is 0 Å². The average Bonchev–Trinajstić information content (AvgIpc) is 2.11. The van der Waals surface area contributed by atoms with Gasteiger partial charge in [-0.2, -0.15) is 0 Å². The van der Waals surface area contributed by atoms with Crippen molar-refractivity contribution in [2.24, 2.45) is 5.73 Å². The summed E-state index contributed by atoms with van der Waals surface area (Å²) in [5, 5.41) is 0. The minimum absolute atomic E-state index is 0.365. The number of carbonyl (C=O) groups is 1. The Bertz CT molecular complexity index is 151. The smallest absolute Gasteiger partial charge is 0.238 e. The van der Waals surface area contributed by atoms with E-state index < -0.39 is 4.87 Å². The Balaban J connectivity index is 4.08. The largest absolute Gasteiger partial charge is 0.368 e. The van der Waals surface area contributed by atoms with Crippen LogP contribution in [-0.4, -0.2) is 10.8 Å². The monoisotopic (exact) mass is 205 g/mol. The molecule has 0 unspecified atom stereocenters. The summed E-state index contributed by atoms with van der Waals surface area (Å²) in [5.74, 6) is -0.365. The van der Waals surface area contributed by atoms with Gasteiger partial charge >= 0.3 is 0 Å². The Morgan fingerprint density at radius 3 is 1.85 bits per heavy atom. The maximum Gasteiger partial charge on any atom is 0.238 e. The van der Waals surface area contributed by atoms with Gasteiger partial charge in [0.1, 0.15) is 4.87 Å². The molecule has 0 fully saturated rings. The van der Waals surface area contributed by atoms with Gasteiger partial charge in [0.25, 0.3) is 0 Å². The van der Waals surface area contributed by atoms with Crippen LogP contribution in [0, 0.1) is 0 Å². The number of hydrogen-bond acceptors (Lipinski definition) is 1. The topological polar surface area (TPSA) is 43.1 Å². The molecule has 0 aliphatic heterocycles. The minimum Gasteiger partial charge on any atom is -0.368 e. The molecule has 0 rings (SSSR count). The number of primary amides is 1. The molecule has 0 aromatic carbocycles. The van der Waals surface area contributed by atoms with Crippen LogP contribution < -0.4 is 5.73 Å². The highest BCUT2D eigenvalue weighted by Gasteiger charge is 2.32. The Morgan fingerprint density at radius 1 is 1.23 bits per heavy atom. The molecule has 0 saturated carbocycles. The van der Waals surface area contributed by atoms with Gasteiger partial charge in [-0.05, 0) is 12.8 Å². The maximum atomic E-state index is 11.1. The Morgan fingerprint density at radius 2 is 1.62 bits per heavy atom. The highest BCUT2D eigenvalue weighted by molar-refractivity contribution is 6.34. The molecule has 0 aliphatic carbocycles. The van der Waals surface area contributed by atoms with Crippen LogP contribution in [0.25, 0.3) is 0 Å². The second-order valence-electron chi connectivity index (χ2n) is 3.54. The fraction of sp³-hybridized carbons (Fsp3) is 0.900. The molecule has 0 aromatic heterocycles. The quantitative estimate of drug-likeness (QED) is 0.639. The first-order chi connectivity index (χ1) is 6.06. The second-order valence-corrected chi connectivity index (χ2v) is 4.26. The minimum atomic E-state index is -0.786. The molecule has 0 radical (unpaired) electrons. The van der Waals surface area contributed by atoms with Crippen LogP contribution in [-0.2, 0) is 4.79 Å². The van der Waals surface area contributed by atoms with Crippen molar-refractivity contribution in [1.29, 1.82) is 0 Å². The Kier molecular flexibility index (Phi) is 6.13. The molecule has 13 heavy (non-hydrogen) atoms. The molecule has 1 amide bonds. The van der Waals surface area contributed by atoms with Crippen molar-refractivity contribution >= 4 is 17.5 Å². The van der Waals surface area contributed by atoms with Crippen molar-refractivity contribution in [3.8, 4) is 0 Å². The van der Waals surface area contributed by atoms with Crippen molar-refractivity contribution in [2.75, 3.05) is 0 Å². The summed E-state index contributed by atoms with van der Waals surface area (Å²) >= 11 is 6.16. The second kappa shape index (κ2) is 6.25. The zero-order valence-electron chi connectivity index (χ0n) is 8.61. The van der Waals surface area contributed by atoms with Gasteiger partial charge in [-0.3, -0.25) is 4.79 Å². The third-order valence-corrected chi connectivity index (χ3v) is 2.86. The number of hydrogen-bond donors (Lipinski definition) is 1. The van der Waals surface area contributed by atoms with Crippen molar-refractivity contribution in [3.05, 3.63) is 0 Å². The van der Waals surface area contributed by atoms with E-state index in [0.717, 1.165) is 25.7 Å². The van der Waals surface area contributed by atoms with Gasteiger partial charge in [0.15, 0.2) is 0 Å². The SMILES string of the molecule is CCCCC(Cl)(CCCC)C(N)=O. The van der Waals surface area contributed by atoms with Gasteiger partial charge in [0.2, 0.25) is 5.91 Å². The first-order valence-corrected chi connectivity index (χ1v) is 5.43. The van der Waals surface area contributed by atoms with E-state index in [1.807, 2.05) is 0 Å². The predicted molar refractivity (Wildman–Crippen MR) is 56.8 cm³/mol. The summed E-state index contributed by atoms with van der Waals surface area (Å²) in [7, 11) is 0. The molecule has 0 bridgehead atoms. The summed E-state index contributed by atoms with van der Waals surface area (Å²) < 4.78 is 0. The highest BCUT2D eigenvalue weighted by atomic mass is 35.5. The van der Waals surface area contributed by atoms with Crippen LogP contribution in [0.15, 0.2) is 0 Å². The molecular formula is C10H20ClNO. The molecule has 2 nitrogen and oxygen atoms in total. The van der Waals surface area contributed by atoms with Crippen LogP contribution in [0.2, 0.25) is 0 Å². The molecular weight excluding hydrogens is 186 g/mol. The average molecular weight is 206 g/mol. The molecule has 0 aliphatic rings. The molecule has 78 valence electrons. The van der Waals surface area contributed by atoms with Crippen LogP contribution in [0.5, 0.6) is 0 Å². The van der Waals surface area contributed by atoms with Crippen molar-refractivity contribution in [1.82, 2.24) is 0 Å². The van der Waals surface area contributed by atoms with Crippen molar-refractivity contribution in [2.45, 2.75) is 57.2 Å². The Hall–Kier alpha value is -0.240. The van der Waals surface area contributed by atoms with Gasteiger partial charge in [-0.25, -0.2) is 0 Å². The zero-order valence-corrected chi connectivity index (χ0v) is 9.36. The molecule has 3 heteroatoms. The lowest BCUT2D eigenvalue weighted by atomic mass is 9.94. The van der Waals surface area contributed by atoms with Crippen LogP contribution >= 0.6 is 11.6 Å². The molecule has 2 N–H and O–H groups in total. The number of carbonyl (C=O) groups excluding carboxylic acids is 1. The van der Waals surface area contributed by atoms with Gasteiger partial charge in [-0.15, -0.1) is 11.6 Å². The van der Waals surface area contributed by atoms with E-state index in [-0.39, 0.29) is 5.91 Å². The predicted octanol–water partition coefficient (Wildman–Crippen LogP) is 2.83. The zero-order chi connectivity index (χ0) is 10.3. The standard InChI is InChI=1S/C10H20ClNO/c1-3-5-7-10(11,9(12)13)8-6-4-2/h3-8H2,1-2H3,(H2,12,13). The molecule has 0 atom stereocenters. The van der Waals surface area contributed by atoms with Crippen LogP contribution in [0.1, 0.15) is 52.4 Å². The summed E-state index contributed by atoms with van der Waals surface area (Å²) in [4.78, 5) is 10.3. The molecule has 0 aromatic rings. The third kappa shape index (κ3) is 4.51. The van der Waals surface area contributed by atoms with E-state index in [2.05, 4.69) is 13.8 Å². The summed E-state index contributed by atoms with van der Waals surface area (Å²) in [6.07, 6.45) is 5.45. The summed E-state index contributed by atoms with van der Waals surface area (Å²) in [6, 6.07) is 0. The number of unbranched alkanes of at least 4 members (excludes halogenated alkanes) is 2. The van der Waals surface area contributed by atoms with Crippen LogP contribution in [0.4, 0.5) is 0 Å². The molecule has 0 heterocycles. The lowest BCUT2D eigenvalue weighted by Gasteiger charge is -2.22. The lowest BCUT2D eigenvalue weighted by Crippen LogP contribution is -2.38. The fourth-order valence-corrected chi connectivity index (χ4v) is 1.55. The van der Waals surface area contributed by atoms with E-state index in [4.69, 9.17) is 17.3 Å². The fourth-order valence-electron chi connectivity index (χ4n) is 1.29. The summed E-state index contributed by atoms with van der Waals surface area (Å²) in [5.41, 5.74) is 5.28. The number of alkyl halides is 1. The van der Waals surface area contributed by atoms with Crippen molar-refractivity contribution < 1.29 is 4.79 Å². The van der Waals surface area contributed by atoms with E-state index >= 15 is 0 Å². The molecule has 0 spiro atoms. The van der Waals surface area contributed by atoms with Gasteiger partial charge < -0.3 is 5.73 Å². The first-order valence-electron chi connectivity index (χ1n) is 5.05. The van der Waals surface area contributed by atoms with E-state index in [1.54, 1.807) is 0 Å². The van der Waals surface area contributed by atoms with Crippen molar-refractivity contribution in [3.63, 3.8) is 0 Å². The number of nitrogens with two attached hydrogens (primary N) is 1. The lowest BCUT2D eigenvalue weighted by molar-refractivity contribution is -0.121. The van der Waals surface area contributed by atoms with E-state index in [1.165, 1.54) is 0 Å². The van der Waals surface area contributed by atoms with E-state index in [0.29, 0.717) is 12.8 Å².